The van der Waals surface area contributed by atoms with Crippen molar-refractivity contribution in [3.05, 3.63) is 65.7 Å². The van der Waals surface area contributed by atoms with E-state index in [0.29, 0.717) is 42.6 Å². The predicted octanol–water partition coefficient (Wildman–Crippen LogP) is 2.96. The molecule has 26 heavy (non-hydrogen) atoms. The number of carbonyl (C=O) groups is 1. The molecule has 0 aromatic heterocycles. The van der Waals surface area contributed by atoms with Crippen LogP contribution in [0.15, 0.2) is 59.5 Å². The van der Waals surface area contributed by atoms with Crippen molar-refractivity contribution in [2.45, 2.75) is 24.7 Å². The Morgan fingerprint density at radius 2 is 1.46 bits per heavy atom. The lowest BCUT2D eigenvalue weighted by Crippen LogP contribution is -2.50. The van der Waals surface area contributed by atoms with Crippen LogP contribution in [0.5, 0.6) is 0 Å². The van der Waals surface area contributed by atoms with Crippen molar-refractivity contribution in [2.75, 3.05) is 26.2 Å². The molecule has 5 nitrogen and oxygen atoms in total. The summed E-state index contributed by atoms with van der Waals surface area (Å²) in [6.07, 6.45) is 0. The fourth-order valence-electron chi connectivity index (χ4n) is 3.07. The normalized spacial score (nSPS) is 16.0. The van der Waals surface area contributed by atoms with Crippen molar-refractivity contribution in [3.63, 3.8) is 0 Å². The predicted molar refractivity (Wildman–Crippen MR) is 102 cm³/mol. The average molecular weight is 372 g/mol. The Morgan fingerprint density at radius 3 is 2.00 bits per heavy atom. The number of carbonyl (C=O) groups excluding carboxylic acids is 1. The number of amides is 1. The first-order chi connectivity index (χ1) is 12.4. The standard InChI is InChI=1S/C20H24N2O3S/c1-16(2)17-8-10-19(11-9-17)26(24,25)22-14-12-21(13-15-22)20(23)18-6-4-3-5-7-18/h3-11,16H,12-15H2,1-2H3. The van der Waals surface area contributed by atoms with Crippen LogP contribution in [-0.2, 0) is 10.0 Å². The van der Waals surface area contributed by atoms with Gasteiger partial charge in [-0.25, -0.2) is 8.42 Å². The van der Waals surface area contributed by atoms with E-state index in [4.69, 9.17) is 0 Å². The van der Waals surface area contributed by atoms with Crippen LogP contribution in [0.3, 0.4) is 0 Å². The molecular weight excluding hydrogens is 348 g/mol. The van der Waals surface area contributed by atoms with Gasteiger partial charge in [0.05, 0.1) is 4.90 Å². The minimum absolute atomic E-state index is 0.0519. The van der Waals surface area contributed by atoms with Crippen molar-refractivity contribution < 1.29 is 13.2 Å². The highest BCUT2D eigenvalue weighted by atomic mass is 32.2. The molecule has 0 atom stereocenters. The van der Waals surface area contributed by atoms with Crippen LogP contribution >= 0.6 is 0 Å². The summed E-state index contributed by atoms with van der Waals surface area (Å²) in [5, 5.41) is 0. The molecule has 1 amide bonds. The molecule has 0 saturated carbocycles. The molecule has 1 heterocycles. The van der Waals surface area contributed by atoms with Gasteiger partial charge in [0.25, 0.3) is 5.91 Å². The minimum atomic E-state index is -3.52. The lowest BCUT2D eigenvalue weighted by atomic mass is 10.0. The molecule has 0 unspecified atom stereocenters. The van der Waals surface area contributed by atoms with Gasteiger partial charge in [0, 0.05) is 31.7 Å². The van der Waals surface area contributed by atoms with Crippen molar-refractivity contribution >= 4 is 15.9 Å². The topological polar surface area (TPSA) is 57.7 Å². The van der Waals surface area contributed by atoms with E-state index >= 15 is 0 Å². The van der Waals surface area contributed by atoms with Crippen LogP contribution in [0.4, 0.5) is 0 Å². The van der Waals surface area contributed by atoms with Gasteiger partial charge in [0.1, 0.15) is 0 Å². The quantitative estimate of drug-likeness (QED) is 0.829. The number of rotatable bonds is 4. The summed E-state index contributed by atoms with van der Waals surface area (Å²) in [7, 11) is -3.52. The van der Waals surface area contributed by atoms with E-state index in [0.717, 1.165) is 5.56 Å². The average Bonchev–Trinajstić information content (AvgIpc) is 2.68. The summed E-state index contributed by atoms with van der Waals surface area (Å²) in [4.78, 5) is 14.5. The Kier molecular flexibility index (Phi) is 5.44. The Balaban J connectivity index is 1.68. The van der Waals surface area contributed by atoms with E-state index in [2.05, 4.69) is 13.8 Å². The highest BCUT2D eigenvalue weighted by Gasteiger charge is 2.30. The Morgan fingerprint density at radius 1 is 0.885 bits per heavy atom. The molecule has 0 spiro atoms. The maximum Gasteiger partial charge on any atom is 0.253 e. The zero-order valence-electron chi connectivity index (χ0n) is 15.1. The fourth-order valence-corrected chi connectivity index (χ4v) is 4.49. The number of piperazine rings is 1. The van der Waals surface area contributed by atoms with Gasteiger partial charge < -0.3 is 4.90 Å². The van der Waals surface area contributed by atoms with Crippen molar-refractivity contribution in [1.29, 1.82) is 0 Å². The molecule has 0 bridgehead atoms. The number of sulfonamides is 1. The summed E-state index contributed by atoms with van der Waals surface area (Å²) in [5.74, 6) is 0.309. The summed E-state index contributed by atoms with van der Waals surface area (Å²) in [6, 6.07) is 16.2. The highest BCUT2D eigenvalue weighted by Crippen LogP contribution is 2.21. The van der Waals surface area contributed by atoms with Gasteiger partial charge in [-0.2, -0.15) is 4.31 Å². The van der Waals surface area contributed by atoms with Gasteiger partial charge in [0.2, 0.25) is 10.0 Å². The third kappa shape index (κ3) is 3.81. The summed E-state index contributed by atoms with van der Waals surface area (Å²) in [6.45, 7) is 5.58. The van der Waals surface area contributed by atoms with E-state index in [1.165, 1.54) is 4.31 Å². The zero-order valence-corrected chi connectivity index (χ0v) is 15.9. The van der Waals surface area contributed by atoms with E-state index in [-0.39, 0.29) is 5.91 Å². The van der Waals surface area contributed by atoms with Crippen molar-refractivity contribution in [1.82, 2.24) is 9.21 Å². The molecule has 138 valence electrons. The number of hydrogen-bond donors (Lipinski definition) is 0. The SMILES string of the molecule is CC(C)c1ccc(S(=O)(=O)N2CCN(C(=O)c3ccccc3)CC2)cc1. The Bertz CT molecular complexity index is 854. The van der Waals surface area contributed by atoms with Crippen LogP contribution in [0.25, 0.3) is 0 Å². The second-order valence-corrected chi connectivity index (χ2v) is 8.72. The second-order valence-electron chi connectivity index (χ2n) is 6.79. The maximum atomic E-state index is 12.8. The highest BCUT2D eigenvalue weighted by molar-refractivity contribution is 7.89. The van der Waals surface area contributed by atoms with Gasteiger partial charge in [-0.05, 0) is 35.7 Å². The maximum absolute atomic E-state index is 12.8. The van der Waals surface area contributed by atoms with Gasteiger partial charge in [-0.3, -0.25) is 4.79 Å². The van der Waals surface area contributed by atoms with Crippen LogP contribution in [-0.4, -0.2) is 49.7 Å². The van der Waals surface area contributed by atoms with E-state index in [1.807, 2.05) is 30.3 Å². The summed E-state index contributed by atoms with van der Waals surface area (Å²) >= 11 is 0. The molecule has 3 rings (SSSR count). The van der Waals surface area contributed by atoms with Crippen LogP contribution in [0, 0.1) is 0 Å². The summed E-state index contributed by atoms with van der Waals surface area (Å²) < 4.78 is 27.1. The Hall–Kier alpha value is -2.18. The largest absolute Gasteiger partial charge is 0.336 e. The van der Waals surface area contributed by atoms with Gasteiger partial charge in [0.15, 0.2) is 0 Å². The monoisotopic (exact) mass is 372 g/mol. The lowest BCUT2D eigenvalue weighted by Gasteiger charge is -2.34. The Labute approximate surface area is 155 Å². The molecule has 1 aliphatic heterocycles. The molecule has 1 aliphatic rings. The summed E-state index contributed by atoms with van der Waals surface area (Å²) in [5.41, 5.74) is 1.75. The van der Waals surface area contributed by atoms with Gasteiger partial charge in [-0.1, -0.05) is 44.2 Å². The molecule has 6 heteroatoms. The molecule has 0 N–H and O–H groups in total. The van der Waals surface area contributed by atoms with Gasteiger partial charge in [-0.15, -0.1) is 0 Å². The van der Waals surface area contributed by atoms with E-state index in [1.54, 1.807) is 29.2 Å². The van der Waals surface area contributed by atoms with Crippen LogP contribution in [0.2, 0.25) is 0 Å². The van der Waals surface area contributed by atoms with Crippen molar-refractivity contribution in [2.24, 2.45) is 0 Å². The third-order valence-electron chi connectivity index (χ3n) is 4.73. The number of benzene rings is 2. The first kappa shape index (κ1) is 18.6. The molecule has 0 radical (unpaired) electrons. The lowest BCUT2D eigenvalue weighted by molar-refractivity contribution is 0.0698. The van der Waals surface area contributed by atoms with Gasteiger partial charge >= 0.3 is 0 Å². The van der Waals surface area contributed by atoms with Crippen molar-refractivity contribution in [3.8, 4) is 0 Å². The molecule has 0 aliphatic carbocycles. The molecule has 2 aromatic carbocycles. The molecular formula is C20H24N2O3S. The van der Waals surface area contributed by atoms with Crippen LogP contribution < -0.4 is 0 Å². The fraction of sp³-hybridized carbons (Fsp3) is 0.350. The zero-order chi connectivity index (χ0) is 18.7. The first-order valence-electron chi connectivity index (χ1n) is 8.84. The number of hydrogen-bond acceptors (Lipinski definition) is 3. The second kappa shape index (κ2) is 7.60. The molecule has 1 saturated heterocycles. The first-order valence-corrected chi connectivity index (χ1v) is 10.3. The van der Waals surface area contributed by atoms with E-state index < -0.39 is 10.0 Å². The smallest absolute Gasteiger partial charge is 0.253 e. The van der Waals surface area contributed by atoms with Crippen LogP contribution in [0.1, 0.15) is 35.7 Å². The molecule has 1 fully saturated rings. The molecule has 2 aromatic rings. The number of nitrogens with zero attached hydrogens (tertiary/aromatic N) is 2. The van der Waals surface area contributed by atoms with E-state index in [9.17, 15) is 13.2 Å². The minimum Gasteiger partial charge on any atom is -0.336 e. The third-order valence-corrected chi connectivity index (χ3v) is 6.64.